The fourth-order valence-electron chi connectivity index (χ4n) is 4.02. The van der Waals surface area contributed by atoms with Crippen LogP contribution in [0.5, 0.6) is 0 Å². The van der Waals surface area contributed by atoms with Crippen molar-refractivity contribution in [2.45, 2.75) is 69.3 Å². The lowest BCUT2D eigenvalue weighted by molar-refractivity contribution is -0.142. The molecule has 0 radical (unpaired) electrons. The molecule has 0 bridgehead atoms. The number of carboxylic acid groups (broad SMARTS) is 1. The number of amides is 3. The molecule has 0 aliphatic heterocycles. The van der Waals surface area contributed by atoms with E-state index >= 15 is 0 Å². The topological polar surface area (TPSA) is 213 Å². The number of aromatic nitrogens is 1. The number of hydrogen-bond donors (Lipinski definition) is 8. The van der Waals surface area contributed by atoms with Gasteiger partial charge >= 0.3 is 5.97 Å². The molecule has 2 rings (SSSR count). The molecule has 216 valence electrons. The smallest absolute Gasteiger partial charge is 0.326 e. The molecule has 0 aliphatic rings. The number of carbonyl (C=O) groups excluding carboxylic acids is 3. The zero-order chi connectivity index (χ0) is 28.9. The van der Waals surface area contributed by atoms with Crippen molar-refractivity contribution in [2.75, 3.05) is 18.6 Å². The van der Waals surface area contributed by atoms with E-state index in [-0.39, 0.29) is 19.3 Å². The van der Waals surface area contributed by atoms with E-state index in [0.717, 1.165) is 16.5 Å². The maximum atomic E-state index is 13.5. The number of aliphatic hydroxyl groups excluding tert-OH is 1. The van der Waals surface area contributed by atoms with Gasteiger partial charge in [0, 0.05) is 23.5 Å². The Morgan fingerprint density at radius 1 is 0.974 bits per heavy atom. The lowest BCUT2D eigenvalue weighted by Crippen LogP contribution is -2.58. The third-order valence-electron chi connectivity index (χ3n) is 6.36. The van der Waals surface area contributed by atoms with Gasteiger partial charge in [-0.1, -0.05) is 18.2 Å². The number of rotatable bonds is 17. The summed E-state index contributed by atoms with van der Waals surface area (Å²) in [5.74, 6) is -2.64. The van der Waals surface area contributed by atoms with Crippen molar-refractivity contribution in [3.05, 3.63) is 36.0 Å². The van der Waals surface area contributed by atoms with E-state index in [9.17, 15) is 29.4 Å². The summed E-state index contributed by atoms with van der Waals surface area (Å²) >= 11 is 1.47. The molecule has 3 amide bonds. The molecule has 2 aromatic rings. The Kier molecular flexibility index (Phi) is 13.2. The van der Waals surface area contributed by atoms with E-state index in [0.29, 0.717) is 25.1 Å². The highest BCUT2D eigenvalue weighted by atomic mass is 32.2. The second kappa shape index (κ2) is 16.1. The Balaban J connectivity index is 2.26. The second-order valence-electron chi connectivity index (χ2n) is 9.42. The van der Waals surface area contributed by atoms with Gasteiger partial charge in [-0.3, -0.25) is 14.4 Å². The Morgan fingerprint density at radius 3 is 2.26 bits per heavy atom. The van der Waals surface area contributed by atoms with E-state index in [1.54, 1.807) is 6.20 Å². The number of fused-ring (bicyclic) bond motifs is 1. The number of benzene rings is 1. The minimum atomic E-state index is -1.26. The van der Waals surface area contributed by atoms with Crippen LogP contribution in [-0.2, 0) is 25.6 Å². The van der Waals surface area contributed by atoms with Crippen LogP contribution in [0.4, 0.5) is 0 Å². The Hall–Kier alpha value is -3.13. The van der Waals surface area contributed by atoms with Gasteiger partial charge in [-0.05, 0) is 62.8 Å². The third kappa shape index (κ3) is 9.84. The first-order valence-electron chi connectivity index (χ1n) is 12.9. The minimum Gasteiger partial charge on any atom is -0.480 e. The number of thioether (sulfide) groups is 1. The first kappa shape index (κ1) is 32.1. The summed E-state index contributed by atoms with van der Waals surface area (Å²) in [6.45, 7) is 1.78. The standard InChI is InChI=1S/C26H40N6O6S/c1-15(33)22(28)25(36)32-21(13-16-14-29-18-8-4-3-7-17(16)18)24(35)30-19(10-12-39-2)23(34)31-20(26(37)38)9-5-6-11-27/h3-4,7-8,14-15,19-22,29,33H,5-6,9-13,27-28H2,1-2H3,(H,30,35)(H,31,34)(H,32,36)(H,37,38). The second-order valence-corrected chi connectivity index (χ2v) is 10.4. The number of carboxylic acids is 1. The van der Waals surface area contributed by atoms with Crippen molar-refractivity contribution in [3.63, 3.8) is 0 Å². The summed E-state index contributed by atoms with van der Waals surface area (Å²) in [5.41, 5.74) is 12.9. The minimum absolute atomic E-state index is 0.0851. The number of carbonyl (C=O) groups is 4. The van der Waals surface area contributed by atoms with E-state index in [1.807, 2.05) is 30.5 Å². The Morgan fingerprint density at radius 2 is 1.62 bits per heavy atom. The zero-order valence-electron chi connectivity index (χ0n) is 22.3. The maximum Gasteiger partial charge on any atom is 0.326 e. The molecular weight excluding hydrogens is 524 g/mol. The normalized spacial score (nSPS) is 15.1. The van der Waals surface area contributed by atoms with Gasteiger partial charge in [-0.2, -0.15) is 11.8 Å². The number of nitrogens with one attached hydrogen (secondary N) is 4. The van der Waals surface area contributed by atoms with E-state index in [4.69, 9.17) is 11.5 Å². The fourth-order valence-corrected chi connectivity index (χ4v) is 4.49. The summed E-state index contributed by atoms with van der Waals surface area (Å²) < 4.78 is 0. The molecule has 0 fully saturated rings. The van der Waals surface area contributed by atoms with Crippen LogP contribution in [0.3, 0.4) is 0 Å². The van der Waals surface area contributed by atoms with Gasteiger partial charge in [-0.15, -0.1) is 0 Å². The first-order valence-corrected chi connectivity index (χ1v) is 14.3. The van der Waals surface area contributed by atoms with Gasteiger partial charge < -0.3 is 42.6 Å². The van der Waals surface area contributed by atoms with Gasteiger partial charge in [0.15, 0.2) is 0 Å². The molecule has 0 spiro atoms. The monoisotopic (exact) mass is 564 g/mol. The van der Waals surface area contributed by atoms with Gasteiger partial charge in [0.1, 0.15) is 24.2 Å². The van der Waals surface area contributed by atoms with Crippen LogP contribution < -0.4 is 27.4 Å². The highest BCUT2D eigenvalue weighted by Gasteiger charge is 2.31. The Bertz CT molecular complexity index is 1110. The number of aliphatic hydroxyl groups is 1. The molecule has 1 aromatic carbocycles. The highest BCUT2D eigenvalue weighted by molar-refractivity contribution is 7.98. The molecule has 5 atom stereocenters. The molecular formula is C26H40N6O6S. The van der Waals surface area contributed by atoms with Crippen LogP contribution in [0.1, 0.15) is 38.2 Å². The predicted molar refractivity (Wildman–Crippen MR) is 151 cm³/mol. The number of H-pyrrole nitrogens is 1. The molecule has 1 heterocycles. The van der Waals surface area contributed by atoms with E-state index < -0.39 is 54.0 Å². The number of aliphatic carboxylic acids is 1. The van der Waals surface area contributed by atoms with E-state index in [1.165, 1.54) is 18.7 Å². The number of hydrogen-bond acceptors (Lipinski definition) is 8. The van der Waals surface area contributed by atoms with Crippen LogP contribution in [-0.4, -0.2) is 87.7 Å². The molecule has 12 nitrogen and oxygen atoms in total. The summed E-state index contributed by atoms with van der Waals surface area (Å²) in [6.07, 6.45) is 4.13. The highest BCUT2D eigenvalue weighted by Crippen LogP contribution is 2.19. The number of unbranched alkanes of at least 4 members (excludes halogenated alkanes) is 1. The average molecular weight is 565 g/mol. The van der Waals surface area contributed by atoms with Gasteiger partial charge in [0.25, 0.3) is 0 Å². The van der Waals surface area contributed by atoms with Crippen LogP contribution in [0.15, 0.2) is 30.5 Å². The summed E-state index contributed by atoms with van der Waals surface area (Å²) in [6, 6.07) is 2.94. The van der Waals surface area contributed by atoms with Crippen LogP contribution >= 0.6 is 11.8 Å². The lowest BCUT2D eigenvalue weighted by Gasteiger charge is -2.25. The molecule has 0 saturated carbocycles. The molecule has 39 heavy (non-hydrogen) atoms. The SMILES string of the molecule is CSCCC(NC(=O)C(Cc1c[nH]c2ccccc12)NC(=O)C(N)C(C)O)C(=O)NC(CCCCN)C(=O)O. The zero-order valence-corrected chi connectivity index (χ0v) is 23.1. The quantitative estimate of drug-likeness (QED) is 0.120. The van der Waals surface area contributed by atoms with Crippen molar-refractivity contribution in [1.29, 1.82) is 0 Å². The number of nitrogens with two attached hydrogens (primary N) is 2. The van der Waals surface area contributed by atoms with Crippen molar-refractivity contribution in [1.82, 2.24) is 20.9 Å². The largest absolute Gasteiger partial charge is 0.480 e. The van der Waals surface area contributed by atoms with Gasteiger partial charge in [0.05, 0.1) is 6.10 Å². The van der Waals surface area contributed by atoms with Gasteiger partial charge in [-0.25, -0.2) is 4.79 Å². The number of para-hydroxylation sites is 1. The first-order chi connectivity index (χ1) is 18.6. The van der Waals surface area contributed by atoms with Crippen LogP contribution in [0, 0.1) is 0 Å². The van der Waals surface area contributed by atoms with Crippen molar-refractivity contribution in [3.8, 4) is 0 Å². The fraction of sp³-hybridized carbons (Fsp3) is 0.538. The van der Waals surface area contributed by atoms with Crippen molar-refractivity contribution < 1.29 is 29.4 Å². The summed E-state index contributed by atoms with van der Waals surface area (Å²) in [7, 11) is 0. The number of aromatic amines is 1. The average Bonchev–Trinajstić information content (AvgIpc) is 3.31. The predicted octanol–water partition coefficient (Wildman–Crippen LogP) is -0.160. The molecule has 1 aromatic heterocycles. The van der Waals surface area contributed by atoms with Crippen LogP contribution in [0.2, 0.25) is 0 Å². The van der Waals surface area contributed by atoms with Crippen molar-refractivity contribution in [2.24, 2.45) is 11.5 Å². The Labute approximate surface area is 232 Å². The molecule has 0 aliphatic carbocycles. The van der Waals surface area contributed by atoms with Crippen molar-refractivity contribution >= 4 is 46.4 Å². The molecule has 0 saturated heterocycles. The molecule has 5 unspecified atom stereocenters. The van der Waals surface area contributed by atoms with E-state index in [2.05, 4.69) is 20.9 Å². The molecule has 13 heteroatoms. The van der Waals surface area contributed by atoms with Gasteiger partial charge in [0.2, 0.25) is 17.7 Å². The lowest BCUT2D eigenvalue weighted by atomic mass is 10.0. The molecule has 10 N–H and O–H groups in total. The maximum absolute atomic E-state index is 13.5. The van der Waals surface area contributed by atoms with Crippen LogP contribution in [0.25, 0.3) is 10.9 Å². The summed E-state index contributed by atoms with van der Waals surface area (Å²) in [5, 5.41) is 28.0. The third-order valence-corrected chi connectivity index (χ3v) is 7.00. The summed E-state index contributed by atoms with van der Waals surface area (Å²) in [4.78, 5) is 54.1.